The first kappa shape index (κ1) is 18.1. The second kappa shape index (κ2) is 7.74. The number of carbonyl (C=O) groups is 1. The fourth-order valence-electron chi connectivity index (χ4n) is 4.95. The molecule has 4 rings (SSSR count). The van der Waals surface area contributed by atoms with Crippen LogP contribution < -0.4 is 5.32 Å². The molecule has 136 valence electrons. The number of hydrogen-bond acceptors (Lipinski definition) is 3. The number of nitrogens with one attached hydrogen (secondary N) is 1. The Morgan fingerprint density at radius 1 is 1.12 bits per heavy atom. The highest BCUT2D eigenvalue weighted by atomic mass is 35.5. The molecule has 0 aromatic heterocycles. The molecule has 3 aliphatic rings. The van der Waals surface area contributed by atoms with Crippen LogP contribution in [0.4, 0.5) is 0 Å². The summed E-state index contributed by atoms with van der Waals surface area (Å²) in [7, 11) is 0. The molecule has 2 aliphatic carbocycles. The van der Waals surface area contributed by atoms with Gasteiger partial charge in [-0.2, -0.15) is 0 Å². The van der Waals surface area contributed by atoms with Gasteiger partial charge in [-0.3, -0.25) is 4.79 Å². The maximum atomic E-state index is 12.7. The number of hydrogen-bond donors (Lipinski definition) is 1. The van der Waals surface area contributed by atoms with E-state index < -0.39 is 0 Å². The van der Waals surface area contributed by atoms with Crippen molar-refractivity contribution in [3.63, 3.8) is 0 Å². The van der Waals surface area contributed by atoms with Gasteiger partial charge in [-0.25, -0.2) is 0 Å². The van der Waals surface area contributed by atoms with E-state index in [1.165, 1.54) is 36.3 Å². The molecule has 0 radical (unpaired) electrons. The number of amides is 1. The van der Waals surface area contributed by atoms with Crippen LogP contribution >= 0.6 is 35.1 Å². The van der Waals surface area contributed by atoms with E-state index in [1.54, 1.807) is 0 Å². The second-order valence-corrected chi connectivity index (χ2v) is 11.0. The molecule has 3 fully saturated rings. The van der Waals surface area contributed by atoms with Gasteiger partial charge in [-0.15, -0.1) is 23.5 Å². The summed E-state index contributed by atoms with van der Waals surface area (Å²) in [4.78, 5) is 12.7. The predicted molar refractivity (Wildman–Crippen MR) is 109 cm³/mol. The number of carbonyl (C=O) groups excluding carboxylic acids is 1. The molecule has 1 N–H and O–H groups in total. The van der Waals surface area contributed by atoms with Crippen molar-refractivity contribution in [3.05, 3.63) is 34.9 Å². The molecule has 2 bridgehead atoms. The van der Waals surface area contributed by atoms with Gasteiger partial charge >= 0.3 is 0 Å². The van der Waals surface area contributed by atoms with Gasteiger partial charge in [0.1, 0.15) is 0 Å². The topological polar surface area (TPSA) is 29.1 Å². The molecule has 1 spiro atoms. The minimum Gasteiger partial charge on any atom is -0.356 e. The normalized spacial score (nSPS) is 30.4. The van der Waals surface area contributed by atoms with E-state index in [0.29, 0.717) is 4.08 Å². The summed E-state index contributed by atoms with van der Waals surface area (Å²) < 4.78 is 0.457. The van der Waals surface area contributed by atoms with Crippen molar-refractivity contribution >= 4 is 41.0 Å². The minimum atomic E-state index is 0.230. The summed E-state index contributed by atoms with van der Waals surface area (Å²) >= 11 is 10.3. The predicted octanol–water partition coefficient (Wildman–Crippen LogP) is 5.00. The van der Waals surface area contributed by atoms with Crippen molar-refractivity contribution in [3.8, 4) is 0 Å². The number of thioether (sulfide) groups is 2. The molecule has 2 saturated carbocycles. The largest absolute Gasteiger partial charge is 0.356 e. The van der Waals surface area contributed by atoms with Crippen molar-refractivity contribution in [2.45, 2.75) is 42.6 Å². The summed E-state index contributed by atoms with van der Waals surface area (Å²) in [6.45, 7) is 0.723. The Bertz CT molecular complexity index is 599. The zero-order valence-electron chi connectivity index (χ0n) is 14.5. The van der Waals surface area contributed by atoms with Gasteiger partial charge in [0.2, 0.25) is 5.91 Å². The lowest BCUT2D eigenvalue weighted by molar-refractivity contribution is -0.127. The van der Waals surface area contributed by atoms with Gasteiger partial charge in [0.05, 0.1) is 4.08 Å². The van der Waals surface area contributed by atoms with E-state index >= 15 is 0 Å². The average molecular weight is 396 g/mol. The van der Waals surface area contributed by atoms with Crippen molar-refractivity contribution < 1.29 is 4.79 Å². The van der Waals surface area contributed by atoms with Gasteiger partial charge in [-0.05, 0) is 61.6 Å². The van der Waals surface area contributed by atoms with Gasteiger partial charge in [0.15, 0.2) is 0 Å². The third kappa shape index (κ3) is 3.72. The molecule has 25 heavy (non-hydrogen) atoms. The van der Waals surface area contributed by atoms with Gasteiger partial charge in [0, 0.05) is 29.0 Å². The van der Waals surface area contributed by atoms with Gasteiger partial charge in [-0.1, -0.05) is 30.2 Å². The second-order valence-electron chi connectivity index (χ2n) is 7.58. The molecule has 1 amide bonds. The summed E-state index contributed by atoms with van der Waals surface area (Å²) in [5, 5.41) is 3.96. The van der Waals surface area contributed by atoms with E-state index in [1.807, 2.05) is 24.3 Å². The molecule has 5 heteroatoms. The van der Waals surface area contributed by atoms with Crippen LogP contribution in [0.25, 0.3) is 0 Å². The van der Waals surface area contributed by atoms with Gasteiger partial charge < -0.3 is 5.32 Å². The number of halogens is 1. The Hall–Kier alpha value is -0.320. The highest BCUT2D eigenvalue weighted by Gasteiger charge is 2.55. The molecule has 1 aliphatic heterocycles. The molecule has 2 atom stereocenters. The summed E-state index contributed by atoms with van der Waals surface area (Å²) in [6.07, 6.45) is 7.09. The van der Waals surface area contributed by atoms with E-state index in [9.17, 15) is 4.79 Å². The van der Waals surface area contributed by atoms with Crippen LogP contribution in [0.15, 0.2) is 24.3 Å². The van der Waals surface area contributed by atoms with Crippen LogP contribution in [0.3, 0.4) is 0 Å². The quantitative estimate of drug-likeness (QED) is 0.777. The van der Waals surface area contributed by atoms with E-state index in [-0.39, 0.29) is 11.8 Å². The van der Waals surface area contributed by atoms with Crippen LogP contribution in [0.2, 0.25) is 5.02 Å². The lowest BCUT2D eigenvalue weighted by Crippen LogP contribution is -2.49. The van der Waals surface area contributed by atoms with E-state index in [2.05, 4.69) is 28.8 Å². The molecule has 2 nitrogen and oxygen atoms in total. The van der Waals surface area contributed by atoms with Crippen molar-refractivity contribution in [1.29, 1.82) is 0 Å². The van der Waals surface area contributed by atoms with Crippen LogP contribution in [-0.4, -0.2) is 28.0 Å². The first-order valence-electron chi connectivity index (χ1n) is 9.47. The summed E-state index contributed by atoms with van der Waals surface area (Å²) in [5.74, 6) is 4.60. The lowest BCUT2D eigenvalue weighted by Gasteiger charge is -2.52. The van der Waals surface area contributed by atoms with Crippen molar-refractivity contribution in [2.75, 3.05) is 18.1 Å². The Morgan fingerprint density at radius 2 is 1.76 bits per heavy atom. The number of rotatable bonds is 4. The first-order valence-corrected chi connectivity index (χ1v) is 11.8. The maximum Gasteiger partial charge on any atom is 0.223 e. The Labute approximate surface area is 164 Å². The lowest BCUT2D eigenvalue weighted by atomic mass is 9.67. The summed E-state index contributed by atoms with van der Waals surface area (Å²) in [5.41, 5.74) is 1.22. The molecular formula is C20H26ClNOS2. The zero-order valence-corrected chi connectivity index (χ0v) is 16.9. The van der Waals surface area contributed by atoms with Crippen LogP contribution in [0.5, 0.6) is 0 Å². The summed E-state index contributed by atoms with van der Waals surface area (Å²) in [6, 6.07) is 7.91. The molecular weight excluding hydrogens is 370 g/mol. The van der Waals surface area contributed by atoms with Gasteiger partial charge in [0.25, 0.3) is 0 Å². The maximum absolute atomic E-state index is 12.7. The van der Waals surface area contributed by atoms with E-state index in [4.69, 9.17) is 11.6 Å². The molecule has 1 saturated heterocycles. The SMILES string of the molecule is O=C(NCCc1ccc(Cl)cc1)C1CC2CCCC(C1)C21SCCS1. The smallest absolute Gasteiger partial charge is 0.223 e. The zero-order chi connectivity index (χ0) is 17.3. The minimum absolute atomic E-state index is 0.230. The third-order valence-corrected chi connectivity index (χ3v) is 10.4. The van der Waals surface area contributed by atoms with Crippen LogP contribution in [-0.2, 0) is 11.2 Å². The molecule has 1 heterocycles. The van der Waals surface area contributed by atoms with E-state index in [0.717, 1.165) is 42.7 Å². The third-order valence-electron chi connectivity index (χ3n) is 6.12. The Morgan fingerprint density at radius 3 is 2.40 bits per heavy atom. The standard InChI is InChI=1S/C20H26ClNOS2/c21-18-6-4-14(5-7-18)8-9-22-19(23)15-12-16-2-1-3-17(13-15)20(16)24-10-11-25-20/h4-7,15-17H,1-3,8-13H2,(H,22,23). The highest BCUT2D eigenvalue weighted by molar-refractivity contribution is 8.21. The van der Waals surface area contributed by atoms with Crippen molar-refractivity contribution in [1.82, 2.24) is 5.32 Å². The fraction of sp³-hybridized carbons (Fsp3) is 0.650. The first-order chi connectivity index (χ1) is 12.2. The van der Waals surface area contributed by atoms with Crippen LogP contribution in [0, 0.1) is 17.8 Å². The van der Waals surface area contributed by atoms with Crippen molar-refractivity contribution in [2.24, 2.45) is 17.8 Å². The van der Waals surface area contributed by atoms with Crippen LogP contribution in [0.1, 0.15) is 37.7 Å². The average Bonchev–Trinajstić information content (AvgIpc) is 3.06. The molecule has 1 aromatic rings. The Balaban J connectivity index is 1.32. The fourth-order valence-corrected chi connectivity index (χ4v) is 9.01. The Kier molecular flexibility index (Phi) is 5.59. The number of benzene rings is 1. The monoisotopic (exact) mass is 395 g/mol. The molecule has 2 unspecified atom stereocenters. The molecule has 1 aromatic carbocycles. The highest BCUT2D eigenvalue weighted by Crippen LogP contribution is 2.64.